The van der Waals surface area contributed by atoms with Crippen molar-refractivity contribution in [2.75, 3.05) is 24.5 Å². The molecule has 0 aliphatic carbocycles. The molecule has 0 bridgehead atoms. The number of halogens is 1. The summed E-state index contributed by atoms with van der Waals surface area (Å²) in [6.07, 6.45) is 3.23. The van der Waals surface area contributed by atoms with Crippen molar-refractivity contribution in [2.45, 2.75) is 31.9 Å². The number of nitrogens with one attached hydrogen (secondary N) is 1. The number of aliphatic hydroxyl groups is 1. The molecular weight excluding hydrogens is 325 g/mol. The molecule has 0 spiro atoms. The Morgan fingerprint density at radius 3 is 2.92 bits per heavy atom. The lowest BCUT2D eigenvalue weighted by Gasteiger charge is -2.24. The number of pyridine rings is 1. The second-order valence-electron chi connectivity index (χ2n) is 6.67. The third kappa shape index (κ3) is 3.79. The summed E-state index contributed by atoms with van der Waals surface area (Å²) in [7, 11) is 0. The minimum absolute atomic E-state index is 0.0744. The zero-order valence-corrected chi connectivity index (χ0v) is 14.3. The molecule has 1 saturated heterocycles. The van der Waals surface area contributed by atoms with Crippen molar-refractivity contribution in [3.63, 3.8) is 0 Å². The maximum Gasteiger partial charge on any atom is 0.269 e. The van der Waals surface area contributed by atoms with E-state index in [-0.39, 0.29) is 18.5 Å². The Kier molecular flexibility index (Phi) is 4.71. The summed E-state index contributed by atoms with van der Waals surface area (Å²) < 4.78 is 14.6. The van der Waals surface area contributed by atoms with E-state index in [1.54, 1.807) is 23.0 Å². The third-order valence-corrected chi connectivity index (χ3v) is 4.34. The van der Waals surface area contributed by atoms with Gasteiger partial charge in [-0.2, -0.15) is 5.10 Å². The van der Waals surface area contributed by atoms with Crippen molar-refractivity contribution in [1.82, 2.24) is 20.1 Å². The van der Waals surface area contributed by atoms with E-state index in [0.717, 1.165) is 6.20 Å². The quantitative estimate of drug-likeness (QED) is 0.854. The minimum Gasteiger partial charge on any atom is -0.386 e. The second kappa shape index (κ2) is 6.79. The summed E-state index contributed by atoms with van der Waals surface area (Å²) >= 11 is 0. The Bertz CT molecular complexity index is 746. The smallest absolute Gasteiger partial charge is 0.269 e. The fraction of sp³-hybridized carbons (Fsp3) is 0.471. The minimum atomic E-state index is -1.05. The van der Waals surface area contributed by atoms with Gasteiger partial charge < -0.3 is 15.3 Å². The van der Waals surface area contributed by atoms with Gasteiger partial charge in [-0.05, 0) is 38.5 Å². The van der Waals surface area contributed by atoms with E-state index in [9.17, 15) is 14.3 Å². The van der Waals surface area contributed by atoms with E-state index >= 15 is 0 Å². The lowest BCUT2D eigenvalue weighted by Crippen LogP contribution is -2.45. The van der Waals surface area contributed by atoms with Gasteiger partial charge in [-0.1, -0.05) is 0 Å². The Labute approximate surface area is 145 Å². The molecule has 0 saturated carbocycles. The van der Waals surface area contributed by atoms with Crippen molar-refractivity contribution in [1.29, 1.82) is 0 Å². The van der Waals surface area contributed by atoms with Gasteiger partial charge in [-0.25, -0.2) is 9.37 Å². The van der Waals surface area contributed by atoms with Crippen LogP contribution < -0.4 is 10.2 Å². The number of hydrogen-bond donors (Lipinski definition) is 2. The number of carbonyl (C=O) groups excluding carboxylic acids is 1. The molecule has 1 aliphatic rings. The monoisotopic (exact) mass is 347 g/mol. The Balaban J connectivity index is 1.60. The number of aromatic nitrogens is 3. The van der Waals surface area contributed by atoms with Gasteiger partial charge in [-0.15, -0.1) is 0 Å². The van der Waals surface area contributed by atoms with Crippen LogP contribution in [0.3, 0.4) is 0 Å². The van der Waals surface area contributed by atoms with Gasteiger partial charge in [-0.3, -0.25) is 9.48 Å². The van der Waals surface area contributed by atoms with Crippen molar-refractivity contribution >= 4 is 11.7 Å². The third-order valence-electron chi connectivity index (χ3n) is 4.34. The van der Waals surface area contributed by atoms with Crippen LogP contribution in [-0.2, 0) is 0 Å². The molecular formula is C17H22FN5O2. The molecule has 2 N–H and O–H groups in total. The van der Waals surface area contributed by atoms with Gasteiger partial charge in [0.15, 0.2) is 0 Å². The van der Waals surface area contributed by atoms with Crippen LogP contribution in [0.1, 0.15) is 36.8 Å². The van der Waals surface area contributed by atoms with E-state index in [4.69, 9.17) is 0 Å². The van der Waals surface area contributed by atoms with E-state index in [2.05, 4.69) is 15.4 Å². The van der Waals surface area contributed by atoms with Gasteiger partial charge in [0.05, 0.1) is 6.20 Å². The van der Waals surface area contributed by atoms with Crippen molar-refractivity contribution in [2.24, 2.45) is 0 Å². The number of hydrogen-bond acceptors (Lipinski definition) is 5. The predicted molar refractivity (Wildman–Crippen MR) is 90.9 cm³/mol. The highest BCUT2D eigenvalue weighted by atomic mass is 19.1. The highest BCUT2D eigenvalue weighted by molar-refractivity contribution is 5.92. The maximum atomic E-state index is 13.0. The summed E-state index contributed by atoms with van der Waals surface area (Å²) in [6, 6.07) is 4.66. The molecule has 0 unspecified atom stereocenters. The molecule has 134 valence electrons. The van der Waals surface area contributed by atoms with Crippen molar-refractivity contribution in [3.05, 3.63) is 42.1 Å². The molecule has 3 rings (SSSR count). The molecule has 0 aromatic carbocycles. The number of nitrogens with zero attached hydrogens (tertiary/aromatic N) is 4. The van der Waals surface area contributed by atoms with Crippen LogP contribution in [0.4, 0.5) is 10.2 Å². The maximum absolute atomic E-state index is 13.0. The average Bonchev–Trinajstić information content (AvgIpc) is 3.21. The van der Waals surface area contributed by atoms with E-state index < -0.39 is 11.4 Å². The topological polar surface area (TPSA) is 83.3 Å². The van der Waals surface area contributed by atoms with Gasteiger partial charge >= 0.3 is 0 Å². The van der Waals surface area contributed by atoms with E-state index in [1.807, 2.05) is 18.7 Å². The number of amides is 1. The highest BCUT2D eigenvalue weighted by Gasteiger charge is 2.37. The number of anilines is 1. The molecule has 2 aromatic heterocycles. The number of rotatable bonds is 5. The highest BCUT2D eigenvalue weighted by Crippen LogP contribution is 2.25. The van der Waals surface area contributed by atoms with Gasteiger partial charge in [0.1, 0.15) is 22.9 Å². The Morgan fingerprint density at radius 1 is 1.44 bits per heavy atom. The summed E-state index contributed by atoms with van der Waals surface area (Å²) in [4.78, 5) is 18.3. The van der Waals surface area contributed by atoms with Crippen LogP contribution in [-0.4, -0.2) is 51.0 Å². The lowest BCUT2D eigenvalue weighted by atomic mass is 10.0. The fourth-order valence-corrected chi connectivity index (χ4v) is 2.99. The molecule has 25 heavy (non-hydrogen) atoms. The first-order valence-corrected chi connectivity index (χ1v) is 8.28. The molecule has 2 aromatic rings. The molecule has 1 fully saturated rings. The number of β-amino-alcohol motifs (C(OH)–C–C–N with tert-alkyl or cyclic N) is 1. The van der Waals surface area contributed by atoms with Crippen LogP contribution in [0, 0.1) is 5.82 Å². The first-order valence-electron chi connectivity index (χ1n) is 8.28. The zero-order valence-electron chi connectivity index (χ0n) is 14.3. The van der Waals surface area contributed by atoms with Crippen LogP contribution in [0.15, 0.2) is 30.6 Å². The Morgan fingerprint density at radius 2 is 2.24 bits per heavy atom. The van der Waals surface area contributed by atoms with Crippen molar-refractivity contribution < 1.29 is 14.3 Å². The van der Waals surface area contributed by atoms with Crippen LogP contribution in [0.25, 0.3) is 0 Å². The predicted octanol–water partition coefficient (Wildman–Crippen LogP) is 1.37. The molecule has 3 heterocycles. The van der Waals surface area contributed by atoms with Crippen LogP contribution in [0.2, 0.25) is 0 Å². The summed E-state index contributed by atoms with van der Waals surface area (Å²) in [5.41, 5.74) is -0.581. The molecule has 7 nitrogen and oxygen atoms in total. The molecule has 1 atom stereocenters. The van der Waals surface area contributed by atoms with Gasteiger partial charge in [0, 0.05) is 31.9 Å². The fourth-order valence-electron chi connectivity index (χ4n) is 2.99. The van der Waals surface area contributed by atoms with Crippen LogP contribution >= 0.6 is 0 Å². The summed E-state index contributed by atoms with van der Waals surface area (Å²) in [5.74, 6) is -0.0493. The summed E-state index contributed by atoms with van der Waals surface area (Å²) in [6.45, 7) is 4.95. The summed E-state index contributed by atoms with van der Waals surface area (Å²) in [5, 5.41) is 17.6. The van der Waals surface area contributed by atoms with E-state index in [1.165, 1.54) is 6.07 Å². The Hall–Kier alpha value is -2.48. The standard InChI is InChI=1S/C17H22FN5O2/c1-12(2)23-14(5-7-21-23)16(24)20-10-17(25)6-8-22(11-17)15-4-3-13(18)9-19-15/h3-5,7,9,12,25H,6,8,10-11H2,1-2H3,(H,20,24)/t17-/m0/s1. The first-order chi connectivity index (χ1) is 11.9. The molecule has 1 aliphatic heterocycles. The zero-order chi connectivity index (χ0) is 18.0. The molecule has 1 amide bonds. The molecule has 0 radical (unpaired) electrons. The van der Waals surface area contributed by atoms with Crippen molar-refractivity contribution in [3.8, 4) is 0 Å². The normalized spacial score (nSPS) is 20.3. The molecule has 8 heteroatoms. The lowest BCUT2D eigenvalue weighted by molar-refractivity contribution is 0.0571. The van der Waals surface area contributed by atoms with Gasteiger partial charge in [0.2, 0.25) is 0 Å². The van der Waals surface area contributed by atoms with Gasteiger partial charge in [0.25, 0.3) is 5.91 Å². The van der Waals surface area contributed by atoms with E-state index in [0.29, 0.717) is 31.0 Å². The van der Waals surface area contributed by atoms with Crippen LogP contribution in [0.5, 0.6) is 0 Å². The average molecular weight is 347 g/mol. The largest absolute Gasteiger partial charge is 0.386 e. The SMILES string of the molecule is CC(C)n1nccc1C(=O)NC[C@@]1(O)CCN(c2ccc(F)cn2)C1. The second-order valence-corrected chi connectivity index (χ2v) is 6.67. The first kappa shape index (κ1) is 17.3. The number of carbonyl (C=O) groups is 1.